The van der Waals surface area contributed by atoms with Gasteiger partial charge < -0.3 is 20.7 Å². The molecule has 1 aromatic rings. The van der Waals surface area contributed by atoms with Crippen molar-refractivity contribution in [1.82, 2.24) is 9.88 Å². The molecule has 1 aromatic heterocycles. The number of likely N-dealkylation sites (tertiary alicyclic amines) is 1. The topological polar surface area (TPSA) is 97.6 Å². The Morgan fingerprint density at radius 2 is 1.94 bits per heavy atom. The Hall–Kier alpha value is -2.52. The summed E-state index contributed by atoms with van der Waals surface area (Å²) in [5.74, 6) is 0.735. The molecule has 3 atom stereocenters. The predicted octanol–water partition coefficient (Wildman–Crippen LogP) is 3.40. The van der Waals surface area contributed by atoms with E-state index in [1.165, 1.54) is 0 Å². The molecule has 4 bridgehead atoms. The van der Waals surface area contributed by atoms with Crippen molar-refractivity contribution in [3.8, 4) is 0 Å². The molecular formula is C22H27F3N4O3. The molecule has 174 valence electrons. The number of halogens is 3. The number of carbonyl (C=O) groups is 2. The van der Waals surface area contributed by atoms with Crippen LogP contribution in [0.2, 0.25) is 0 Å². The van der Waals surface area contributed by atoms with E-state index < -0.39 is 23.2 Å². The van der Waals surface area contributed by atoms with Crippen molar-refractivity contribution in [2.75, 3.05) is 18.4 Å². The quantitative estimate of drug-likeness (QED) is 0.730. The molecule has 4 aliphatic carbocycles. The molecule has 0 spiro atoms. The maximum atomic E-state index is 12.9. The number of alkyl halides is 3. The van der Waals surface area contributed by atoms with Gasteiger partial charge >= 0.3 is 12.3 Å². The minimum atomic E-state index is -4.43. The van der Waals surface area contributed by atoms with Gasteiger partial charge in [0.2, 0.25) is 5.91 Å². The second-order valence-electron chi connectivity index (χ2n) is 9.97. The maximum Gasteiger partial charge on any atom is 0.416 e. The molecular weight excluding hydrogens is 425 g/mol. The molecule has 1 unspecified atom stereocenters. The lowest BCUT2D eigenvalue weighted by molar-refractivity contribution is -0.161. The molecule has 0 radical (unpaired) electrons. The summed E-state index contributed by atoms with van der Waals surface area (Å²) in [5, 5.41) is 3.00. The zero-order valence-corrected chi connectivity index (χ0v) is 17.6. The van der Waals surface area contributed by atoms with Gasteiger partial charge in [-0.3, -0.25) is 4.79 Å². The Kier molecular flexibility index (Phi) is 5.01. The van der Waals surface area contributed by atoms with Crippen LogP contribution in [-0.2, 0) is 15.7 Å². The number of nitrogens with two attached hydrogens (primary N) is 1. The third-order valence-corrected chi connectivity index (χ3v) is 7.83. The van der Waals surface area contributed by atoms with Gasteiger partial charge in [0.1, 0.15) is 11.9 Å². The fraction of sp³-hybridized carbons (Fsp3) is 0.682. The van der Waals surface area contributed by atoms with Crippen molar-refractivity contribution in [1.29, 1.82) is 0 Å². The first-order valence-corrected chi connectivity index (χ1v) is 11.2. The van der Waals surface area contributed by atoms with Gasteiger partial charge in [0.05, 0.1) is 11.0 Å². The van der Waals surface area contributed by atoms with Crippen molar-refractivity contribution < 1.29 is 27.5 Å². The number of rotatable bonds is 4. The molecule has 7 nitrogen and oxygen atoms in total. The molecule has 5 aliphatic rings. The van der Waals surface area contributed by atoms with Crippen LogP contribution in [0.25, 0.3) is 0 Å². The highest BCUT2D eigenvalue weighted by Gasteiger charge is 2.59. The average Bonchev–Trinajstić information content (AvgIpc) is 3.18. The fourth-order valence-electron chi connectivity index (χ4n) is 6.60. The fourth-order valence-corrected chi connectivity index (χ4v) is 6.60. The van der Waals surface area contributed by atoms with Crippen LogP contribution >= 0.6 is 0 Å². The average molecular weight is 452 g/mol. The van der Waals surface area contributed by atoms with Crippen LogP contribution in [0.4, 0.5) is 23.8 Å². The first kappa shape index (κ1) is 21.3. The van der Waals surface area contributed by atoms with Crippen LogP contribution in [-0.4, -0.2) is 47.1 Å². The van der Waals surface area contributed by atoms with Gasteiger partial charge in [0.25, 0.3) is 0 Å². The third kappa shape index (κ3) is 3.77. The van der Waals surface area contributed by atoms with Crippen molar-refractivity contribution >= 4 is 17.8 Å². The Balaban J connectivity index is 1.18. The number of ether oxygens (including phenoxy) is 1. The van der Waals surface area contributed by atoms with Crippen molar-refractivity contribution in [2.24, 2.45) is 28.9 Å². The number of primary amides is 1. The monoisotopic (exact) mass is 452 g/mol. The highest BCUT2D eigenvalue weighted by atomic mass is 19.4. The number of nitrogens with zero attached hydrogens (tertiary/aromatic N) is 2. The van der Waals surface area contributed by atoms with Gasteiger partial charge in [-0.05, 0) is 68.4 Å². The van der Waals surface area contributed by atoms with E-state index in [-0.39, 0.29) is 35.7 Å². The second kappa shape index (κ2) is 7.52. The number of carbonyl (C=O) groups excluding carboxylic acids is 2. The summed E-state index contributed by atoms with van der Waals surface area (Å²) in [6, 6.07) is 1.70. The SMILES string of the molecule is NC(=O)C12CC3C[C@H](C1)C(OC(=O)N1CCC(Nc4cc(C(F)(F)F)ccn4)C1)[C@H](C3)C2. The molecule has 2 amide bonds. The van der Waals surface area contributed by atoms with E-state index in [4.69, 9.17) is 10.5 Å². The minimum absolute atomic E-state index is 0.137. The highest BCUT2D eigenvalue weighted by molar-refractivity contribution is 5.81. The maximum absolute atomic E-state index is 12.9. The normalized spacial score (nSPS) is 35.7. The van der Waals surface area contributed by atoms with Crippen LogP contribution in [0.5, 0.6) is 0 Å². The molecule has 3 N–H and O–H groups in total. The highest BCUT2D eigenvalue weighted by Crippen LogP contribution is 2.60. The first-order valence-electron chi connectivity index (χ1n) is 11.2. The smallest absolute Gasteiger partial charge is 0.416 e. The van der Waals surface area contributed by atoms with Crippen molar-refractivity contribution in [3.63, 3.8) is 0 Å². The second-order valence-corrected chi connectivity index (χ2v) is 9.97. The van der Waals surface area contributed by atoms with E-state index in [1.807, 2.05) is 0 Å². The third-order valence-electron chi connectivity index (χ3n) is 7.83. The van der Waals surface area contributed by atoms with E-state index in [1.54, 1.807) is 4.90 Å². The lowest BCUT2D eigenvalue weighted by Crippen LogP contribution is -2.59. The van der Waals surface area contributed by atoms with E-state index in [0.29, 0.717) is 38.3 Å². The molecule has 5 fully saturated rings. The van der Waals surface area contributed by atoms with Crippen molar-refractivity contribution in [3.05, 3.63) is 23.9 Å². The van der Waals surface area contributed by atoms with E-state index in [0.717, 1.165) is 37.6 Å². The Bertz CT molecular complexity index is 908. The molecule has 2 heterocycles. The molecule has 0 aromatic carbocycles. The lowest BCUT2D eigenvalue weighted by atomic mass is 9.48. The Morgan fingerprint density at radius 1 is 1.22 bits per heavy atom. The molecule has 10 heteroatoms. The molecule has 6 rings (SSSR count). The largest absolute Gasteiger partial charge is 0.446 e. The van der Waals surface area contributed by atoms with Crippen molar-refractivity contribution in [2.45, 2.75) is 56.8 Å². The van der Waals surface area contributed by atoms with Crippen LogP contribution in [0, 0.1) is 23.2 Å². The summed E-state index contributed by atoms with van der Waals surface area (Å²) in [5.41, 5.74) is 4.53. The van der Waals surface area contributed by atoms with Crippen LogP contribution in [0.15, 0.2) is 18.3 Å². The lowest BCUT2D eigenvalue weighted by Gasteiger charge is -2.58. The van der Waals surface area contributed by atoms with Gasteiger partial charge in [-0.2, -0.15) is 13.2 Å². The molecule has 1 aliphatic heterocycles. The minimum Gasteiger partial charge on any atom is -0.446 e. The number of hydrogen-bond acceptors (Lipinski definition) is 5. The standard InChI is InChI=1S/C22H27F3N4O3/c23-22(24,25)15-1-3-27-17(7-15)28-16-2-4-29(11-16)20(31)32-18-13-5-12-6-14(18)10-21(8-12,9-13)19(26)30/h1,3,7,12-14,16,18H,2,4-6,8-11H2,(H2,26,30)(H,27,28)/t12?,13-,14-,16?,18?,21?/m1/s1. The number of hydrogen-bond donors (Lipinski definition) is 2. The number of anilines is 1. The number of amides is 2. The van der Waals surface area contributed by atoms with Gasteiger partial charge in [0, 0.05) is 25.3 Å². The van der Waals surface area contributed by atoms with E-state index in [2.05, 4.69) is 10.3 Å². The molecule has 4 saturated carbocycles. The summed E-state index contributed by atoms with van der Waals surface area (Å²) < 4.78 is 44.7. The zero-order valence-electron chi connectivity index (χ0n) is 17.6. The van der Waals surface area contributed by atoms with E-state index >= 15 is 0 Å². The number of aromatic nitrogens is 1. The summed E-state index contributed by atoms with van der Waals surface area (Å²) in [6.45, 7) is 0.804. The Labute approximate surface area is 183 Å². The van der Waals surface area contributed by atoms with Gasteiger partial charge in [-0.1, -0.05) is 0 Å². The molecule has 1 saturated heterocycles. The first-order chi connectivity index (χ1) is 15.1. The Morgan fingerprint density at radius 3 is 2.59 bits per heavy atom. The summed E-state index contributed by atoms with van der Waals surface area (Å²) in [6.07, 6.45) is 0.881. The molecule has 32 heavy (non-hydrogen) atoms. The van der Waals surface area contributed by atoms with Crippen LogP contribution < -0.4 is 11.1 Å². The van der Waals surface area contributed by atoms with Gasteiger partial charge in [0.15, 0.2) is 0 Å². The number of nitrogens with one attached hydrogen (secondary N) is 1. The van der Waals surface area contributed by atoms with Crippen LogP contribution in [0.3, 0.4) is 0 Å². The van der Waals surface area contributed by atoms with Gasteiger partial charge in [-0.15, -0.1) is 0 Å². The van der Waals surface area contributed by atoms with E-state index in [9.17, 15) is 22.8 Å². The summed E-state index contributed by atoms with van der Waals surface area (Å²) >= 11 is 0. The zero-order chi connectivity index (χ0) is 22.7. The number of pyridine rings is 1. The van der Waals surface area contributed by atoms with Crippen LogP contribution in [0.1, 0.15) is 44.1 Å². The van der Waals surface area contributed by atoms with Gasteiger partial charge in [-0.25, -0.2) is 9.78 Å². The summed E-state index contributed by atoms with van der Waals surface area (Å²) in [4.78, 5) is 30.5. The predicted molar refractivity (Wildman–Crippen MR) is 108 cm³/mol. The summed E-state index contributed by atoms with van der Waals surface area (Å²) in [7, 11) is 0.